The Hall–Kier alpha value is -1.90. The molecule has 30 heavy (non-hydrogen) atoms. The van der Waals surface area contributed by atoms with Crippen LogP contribution in [0.3, 0.4) is 0 Å². The minimum absolute atomic E-state index is 0.439. The van der Waals surface area contributed by atoms with E-state index in [9.17, 15) is 5.11 Å². The van der Waals surface area contributed by atoms with Gasteiger partial charge < -0.3 is 10.0 Å². The lowest BCUT2D eigenvalue weighted by atomic mass is 9.98. The van der Waals surface area contributed by atoms with Crippen molar-refractivity contribution in [2.75, 3.05) is 19.6 Å². The van der Waals surface area contributed by atoms with Crippen LogP contribution in [-0.2, 0) is 0 Å². The van der Waals surface area contributed by atoms with Crippen molar-refractivity contribution < 1.29 is 5.11 Å². The standard InChI is InChI=1S/C28H39NO/c1-3-5-7-11-19-29(20-12-8-6-4-2)22-28(30)25-18-17-24-16-15-23-13-9-10-14-26(23)27(24)21-25/h9-10,13-18,21,28,30H,3-8,11-12,19-20,22H2,1-2H3/t28-/m0/s1. The molecule has 1 N–H and O–H groups in total. The lowest BCUT2D eigenvalue weighted by Crippen LogP contribution is -2.31. The zero-order valence-electron chi connectivity index (χ0n) is 18.9. The third-order valence-electron chi connectivity index (χ3n) is 6.24. The van der Waals surface area contributed by atoms with Gasteiger partial charge in [-0.15, -0.1) is 0 Å². The van der Waals surface area contributed by atoms with Crippen LogP contribution in [0, 0.1) is 0 Å². The van der Waals surface area contributed by atoms with E-state index in [0.717, 1.165) is 25.2 Å². The summed E-state index contributed by atoms with van der Waals surface area (Å²) in [6.07, 6.45) is 9.76. The van der Waals surface area contributed by atoms with Crippen LogP contribution in [0.5, 0.6) is 0 Å². The summed E-state index contributed by atoms with van der Waals surface area (Å²) < 4.78 is 0. The summed E-state index contributed by atoms with van der Waals surface area (Å²) in [5.74, 6) is 0. The maximum Gasteiger partial charge on any atom is 0.0917 e. The van der Waals surface area contributed by atoms with Crippen molar-refractivity contribution in [1.82, 2.24) is 4.90 Å². The van der Waals surface area contributed by atoms with Gasteiger partial charge in [-0.1, -0.05) is 101 Å². The fraction of sp³-hybridized carbons (Fsp3) is 0.500. The van der Waals surface area contributed by atoms with E-state index in [2.05, 4.69) is 73.3 Å². The highest BCUT2D eigenvalue weighted by molar-refractivity contribution is 6.07. The summed E-state index contributed by atoms with van der Waals surface area (Å²) in [5.41, 5.74) is 1.03. The molecule has 0 saturated heterocycles. The van der Waals surface area contributed by atoms with Gasteiger partial charge in [-0.2, -0.15) is 0 Å². The van der Waals surface area contributed by atoms with E-state index in [1.807, 2.05) is 0 Å². The van der Waals surface area contributed by atoms with E-state index in [1.54, 1.807) is 0 Å². The molecule has 0 aliphatic rings. The predicted octanol–water partition coefficient (Wildman–Crippen LogP) is 7.49. The van der Waals surface area contributed by atoms with Gasteiger partial charge in [-0.05, 0) is 59.1 Å². The molecule has 2 heteroatoms. The monoisotopic (exact) mass is 405 g/mol. The Balaban J connectivity index is 1.72. The Labute approximate surface area is 182 Å². The van der Waals surface area contributed by atoms with E-state index >= 15 is 0 Å². The molecule has 162 valence electrons. The second kappa shape index (κ2) is 12.1. The molecule has 0 fully saturated rings. The van der Waals surface area contributed by atoms with Gasteiger partial charge >= 0.3 is 0 Å². The van der Waals surface area contributed by atoms with Crippen LogP contribution < -0.4 is 0 Å². The lowest BCUT2D eigenvalue weighted by Gasteiger charge is -2.25. The molecule has 3 aromatic carbocycles. The zero-order valence-corrected chi connectivity index (χ0v) is 18.9. The molecular weight excluding hydrogens is 366 g/mol. The van der Waals surface area contributed by atoms with E-state index < -0.39 is 6.10 Å². The molecule has 0 aromatic heterocycles. The summed E-state index contributed by atoms with van der Waals surface area (Å²) in [6, 6.07) is 19.4. The molecule has 0 bridgehead atoms. The number of aliphatic hydroxyl groups is 1. The predicted molar refractivity (Wildman–Crippen MR) is 131 cm³/mol. The van der Waals surface area contributed by atoms with Crippen molar-refractivity contribution in [2.45, 2.75) is 71.3 Å². The van der Waals surface area contributed by atoms with Crippen LogP contribution >= 0.6 is 0 Å². The number of hydrogen-bond acceptors (Lipinski definition) is 2. The Kier molecular flexibility index (Phi) is 9.17. The first-order valence-electron chi connectivity index (χ1n) is 12.0. The van der Waals surface area contributed by atoms with Gasteiger partial charge in [0.05, 0.1) is 6.10 Å². The lowest BCUT2D eigenvalue weighted by molar-refractivity contribution is 0.110. The second-order valence-electron chi connectivity index (χ2n) is 8.70. The van der Waals surface area contributed by atoms with Crippen LogP contribution in [0.15, 0.2) is 54.6 Å². The van der Waals surface area contributed by atoms with Gasteiger partial charge in [0.2, 0.25) is 0 Å². The van der Waals surface area contributed by atoms with Crippen molar-refractivity contribution in [1.29, 1.82) is 0 Å². The molecule has 0 radical (unpaired) electrons. The SMILES string of the molecule is CCCCCCN(CCCCCC)C[C@H](O)c1ccc2ccc3ccccc3c2c1. The quantitative estimate of drug-likeness (QED) is 0.235. The minimum Gasteiger partial charge on any atom is -0.387 e. The summed E-state index contributed by atoms with van der Waals surface area (Å²) >= 11 is 0. The van der Waals surface area contributed by atoms with Crippen molar-refractivity contribution in [2.24, 2.45) is 0 Å². The third kappa shape index (κ3) is 6.30. The van der Waals surface area contributed by atoms with Crippen molar-refractivity contribution in [3.8, 4) is 0 Å². The average molecular weight is 406 g/mol. The molecule has 3 rings (SSSR count). The van der Waals surface area contributed by atoms with Crippen molar-refractivity contribution in [3.05, 3.63) is 60.2 Å². The summed E-state index contributed by atoms with van der Waals surface area (Å²) in [4.78, 5) is 2.49. The molecular formula is C28H39NO. The van der Waals surface area contributed by atoms with E-state index in [4.69, 9.17) is 0 Å². The van der Waals surface area contributed by atoms with Gasteiger partial charge in [-0.3, -0.25) is 0 Å². The summed E-state index contributed by atoms with van der Waals surface area (Å²) in [5, 5.41) is 16.1. The molecule has 3 aromatic rings. The molecule has 0 aliphatic carbocycles. The number of hydrogen-bond donors (Lipinski definition) is 1. The summed E-state index contributed by atoms with van der Waals surface area (Å²) in [7, 11) is 0. The summed E-state index contributed by atoms with van der Waals surface area (Å²) in [6.45, 7) is 7.44. The average Bonchev–Trinajstić information content (AvgIpc) is 2.78. The zero-order chi connectivity index (χ0) is 21.2. The second-order valence-corrected chi connectivity index (χ2v) is 8.70. The van der Waals surface area contributed by atoms with Crippen LogP contribution in [0.1, 0.15) is 76.9 Å². The Morgan fingerprint density at radius 2 is 1.30 bits per heavy atom. The van der Waals surface area contributed by atoms with Gasteiger partial charge in [0, 0.05) is 6.54 Å². The smallest absolute Gasteiger partial charge is 0.0917 e. The van der Waals surface area contributed by atoms with Crippen LogP contribution in [0.4, 0.5) is 0 Å². The molecule has 0 amide bonds. The highest BCUT2D eigenvalue weighted by Crippen LogP contribution is 2.28. The largest absolute Gasteiger partial charge is 0.387 e. The Morgan fingerprint density at radius 1 is 0.700 bits per heavy atom. The molecule has 0 spiro atoms. The molecule has 0 aliphatic heterocycles. The maximum atomic E-state index is 11.1. The van der Waals surface area contributed by atoms with Crippen molar-refractivity contribution >= 4 is 21.5 Å². The van der Waals surface area contributed by atoms with E-state index in [0.29, 0.717) is 0 Å². The fourth-order valence-electron chi connectivity index (χ4n) is 4.40. The number of aliphatic hydroxyl groups excluding tert-OH is 1. The first kappa shape index (κ1) is 22.8. The number of rotatable bonds is 13. The minimum atomic E-state index is -0.439. The van der Waals surface area contributed by atoms with E-state index in [1.165, 1.54) is 72.9 Å². The van der Waals surface area contributed by atoms with Crippen LogP contribution in [0.2, 0.25) is 0 Å². The highest BCUT2D eigenvalue weighted by Gasteiger charge is 2.14. The highest BCUT2D eigenvalue weighted by atomic mass is 16.3. The molecule has 0 heterocycles. The Bertz CT molecular complexity index is 891. The van der Waals surface area contributed by atoms with Gasteiger partial charge in [-0.25, -0.2) is 0 Å². The number of fused-ring (bicyclic) bond motifs is 3. The van der Waals surface area contributed by atoms with E-state index in [-0.39, 0.29) is 0 Å². The van der Waals surface area contributed by atoms with Gasteiger partial charge in [0.15, 0.2) is 0 Å². The van der Waals surface area contributed by atoms with Crippen LogP contribution in [-0.4, -0.2) is 29.6 Å². The van der Waals surface area contributed by atoms with Gasteiger partial charge in [0.25, 0.3) is 0 Å². The number of nitrogens with zero attached hydrogens (tertiary/aromatic N) is 1. The maximum absolute atomic E-state index is 11.1. The first-order chi connectivity index (χ1) is 14.7. The van der Waals surface area contributed by atoms with Crippen LogP contribution in [0.25, 0.3) is 21.5 Å². The molecule has 1 atom stereocenters. The topological polar surface area (TPSA) is 23.5 Å². The molecule has 0 saturated carbocycles. The fourth-order valence-corrected chi connectivity index (χ4v) is 4.40. The number of unbranched alkanes of at least 4 members (excludes halogenated alkanes) is 6. The third-order valence-corrected chi connectivity index (χ3v) is 6.24. The van der Waals surface area contributed by atoms with Crippen molar-refractivity contribution in [3.63, 3.8) is 0 Å². The molecule has 0 unspecified atom stereocenters. The molecule has 2 nitrogen and oxygen atoms in total. The normalized spacial score (nSPS) is 12.8. The Morgan fingerprint density at radius 3 is 1.97 bits per heavy atom. The first-order valence-corrected chi connectivity index (χ1v) is 12.0. The van der Waals surface area contributed by atoms with Gasteiger partial charge in [0.1, 0.15) is 0 Å². The number of benzene rings is 3.